The zero-order valence-corrected chi connectivity index (χ0v) is 10.5. The lowest BCUT2D eigenvalue weighted by Gasteiger charge is -2.12. The van der Waals surface area contributed by atoms with Crippen LogP contribution in [0.5, 0.6) is 0 Å². The molecular weight excluding hydrogens is 281 g/mol. The first-order valence-electron chi connectivity index (χ1n) is 4.32. The van der Waals surface area contributed by atoms with E-state index in [4.69, 9.17) is 17.3 Å². The molecule has 5 heteroatoms. The second-order valence-electron chi connectivity index (χ2n) is 3.05. The van der Waals surface area contributed by atoms with Crippen molar-refractivity contribution in [3.8, 4) is 0 Å². The predicted molar refractivity (Wildman–Crippen MR) is 62.7 cm³/mol. The van der Waals surface area contributed by atoms with E-state index in [9.17, 15) is 4.79 Å². The average molecular weight is 293 g/mol. The molecule has 1 aromatic rings. The van der Waals surface area contributed by atoms with E-state index in [2.05, 4.69) is 20.7 Å². The molecule has 0 unspecified atom stereocenters. The maximum absolute atomic E-state index is 11.0. The van der Waals surface area contributed by atoms with E-state index in [1.807, 2.05) is 6.07 Å². The van der Waals surface area contributed by atoms with Crippen molar-refractivity contribution in [3.05, 3.63) is 33.3 Å². The van der Waals surface area contributed by atoms with Crippen LogP contribution in [0.15, 0.2) is 22.7 Å². The first kappa shape index (κ1) is 12.5. The summed E-state index contributed by atoms with van der Waals surface area (Å²) in [5, 5.41) is 0.551. The molecule has 82 valence electrons. The first-order valence-corrected chi connectivity index (χ1v) is 5.49. The molecule has 0 spiro atoms. The molecule has 0 aliphatic rings. The van der Waals surface area contributed by atoms with Crippen LogP contribution < -0.4 is 5.73 Å². The van der Waals surface area contributed by atoms with Crippen LogP contribution >= 0.6 is 27.5 Å². The maximum Gasteiger partial charge on any atom is 0.307 e. The molecule has 3 nitrogen and oxygen atoms in total. The second-order valence-corrected chi connectivity index (χ2v) is 4.38. The number of carbonyl (C=O) groups excluding carboxylic acids is 1. The molecule has 0 aliphatic heterocycles. The van der Waals surface area contributed by atoms with Crippen molar-refractivity contribution in [1.82, 2.24) is 0 Å². The number of halogens is 2. The van der Waals surface area contributed by atoms with E-state index in [1.165, 1.54) is 7.11 Å². The molecule has 0 saturated carbocycles. The Kier molecular flexibility index (Phi) is 4.57. The molecule has 0 saturated heterocycles. The Hall–Kier alpha value is -0.580. The molecule has 0 fully saturated rings. The third kappa shape index (κ3) is 3.48. The molecule has 0 amide bonds. The van der Waals surface area contributed by atoms with Crippen LogP contribution in [0.3, 0.4) is 0 Å². The van der Waals surface area contributed by atoms with Gasteiger partial charge in [0.15, 0.2) is 0 Å². The van der Waals surface area contributed by atoms with Gasteiger partial charge in [-0.15, -0.1) is 0 Å². The van der Waals surface area contributed by atoms with Crippen LogP contribution in [0.25, 0.3) is 0 Å². The van der Waals surface area contributed by atoms with Crippen LogP contribution in [-0.2, 0) is 9.53 Å². The van der Waals surface area contributed by atoms with Gasteiger partial charge in [-0.3, -0.25) is 4.79 Å². The number of methoxy groups -OCH3 is 1. The Morgan fingerprint density at radius 3 is 2.93 bits per heavy atom. The lowest BCUT2D eigenvalue weighted by Crippen LogP contribution is -2.16. The Morgan fingerprint density at radius 1 is 1.67 bits per heavy atom. The molecule has 0 aromatic heterocycles. The second kappa shape index (κ2) is 5.49. The largest absolute Gasteiger partial charge is 0.469 e. The van der Waals surface area contributed by atoms with E-state index in [1.54, 1.807) is 12.1 Å². The zero-order chi connectivity index (χ0) is 11.4. The van der Waals surface area contributed by atoms with E-state index in [0.29, 0.717) is 5.02 Å². The summed E-state index contributed by atoms with van der Waals surface area (Å²) in [6, 6.07) is 4.91. The Morgan fingerprint density at radius 2 is 2.33 bits per heavy atom. The van der Waals surface area contributed by atoms with Gasteiger partial charge in [0.1, 0.15) is 0 Å². The van der Waals surface area contributed by atoms with Crippen LogP contribution in [0.4, 0.5) is 0 Å². The Bertz CT molecular complexity index is 370. The van der Waals surface area contributed by atoms with E-state index in [0.717, 1.165) is 10.0 Å². The maximum atomic E-state index is 11.0. The zero-order valence-electron chi connectivity index (χ0n) is 8.17. The van der Waals surface area contributed by atoms with Gasteiger partial charge in [-0.25, -0.2) is 0 Å². The van der Waals surface area contributed by atoms with Crippen molar-refractivity contribution in [2.45, 2.75) is 12.5 Å². The van der Waals surface area contributed by atoms with Crippen LogP contribution in [0.2, 0.25) is 5.02 Å². The summed E-state index contributed by atoms with van der Waals surface area (Å²) >= 11 is 9.28. The van der Waals surface area contributed by atoms with Gasteiger partial charge in [0.2, 0.25) is 0 Å². The van der Waals surface area contributed by atoms with Gasteiger partial charge in [0.25, 0.3) is 0 Å². The standard InChI is InChI=1S/C10H11BrClNO2/c1-15-10(14)5-9(13)7-4-6(11)2-3-8(7)12/h2-4,9H,5,13H2,1H3/t9-/m1/s1. The summed E-state index contributed by atoms with van der Waals surface area (Å²) in [5.74, 6) is -0.349. The highest BCUT2D eigenvalue weighted by atomic mass is 79.9. The molecular formula is C10H11BrClNO2. The highest BCUT2D eigenvalue weighted by Crippen LogP contribution is 2.27. The minimum Gasteiger partial charge on any atom is -0.469 e. The van der Waals surface area contributed by atoms with Crippen molar-refractivity contribution < 1.29 is 9.53 Å². The summed E-state index contributed by atoms with van der Waals surface area (Å²) < 4.78 is 5.42. The average Bonchev–Trinajstić information content (AvgIpc) is 2.21. The molecule has 1 aromatic carbocycles. The third-order valence-electron chi connectivity index (χ3n) is 1.97. The van der Waals surface area contributed by atoms with E-state index >= 15 is 0 Å². The van der Waals surface area contributed by atoms with Gasteiger partial charge in [0, 0.05) is 15.5 Å². The number of hydrogen-bond acceptors (Lipinski definition) is 3. The molecule has 0 radical (unpaired) electrons. The van der Waals surface area contributed by atoms with Crippen molar-refractivity contribution in [2.75, 3.05) is 7.11 Å². The van der Waals surface area contributed by atoms with E-state index in [-0.39, 0.29) is 12.4 Å². The number of rotatable bonds is 3. The van der Waals surface area contributed by atoms with Crippen molar-refractivity contribution in [3.63, 3.8) is 0 Å². The van der Waals surface area contributed by atoms with Gasteiger partial charge in [-0.1, -0.05) is 27.5 Å². The summed E-state index contributed by atoms with van der Waals surface area (Å²) in [5.41, 5.74) is 6.57. The molecule has 0 aliphatic carbocycles. The summed E-state index contributed by atoms with van der Waals surface area (Å²) in [7, 11) is 1.33. The normalized spacial score (nSPS) is 12.3. The minimum absolute atomic E-state index is 0.118. The minimum atomic E-state index is -0.442. The van der Waals surface area contributed by atoms with Gasteiger partial charge >= 0.3 is 5.97 Å². The quantitative estimate of drug-likeness (QED) is 0.871. The SMILES string of the molecule is COC(=O)C[C@@H](N)c1cc(Br)ccc1Cl. The topological polar surface area (TPSA) is 52.3 Å². The highest BCUT2D eigenvalue weighted by molar-refractivity contribution is 9.10. The van der Waals surface area contributed by atoms with Crippen molar-refractivity contribution in [2.24, 2.45) is 5.73 Å². The van der Waals surface area contributed by atoms with Gasteiger partial charge < -0.3 is 10.5 Å². The Balaban J connectivity index is 2.85. The van der Waals surface area contributed by atoms with Crippen molar-refractivity contribution in [1.29, 1.82) is 0 Å². The molecule has 0 bridgehead atoms. The molecule has 15 heavy (non-hydrogen) atoms. The number of ether oxygens (including phenoxy) is 1. The predicted octanol–water partition coefficient (Wildman–Crippen LogP) is 2.67. The fourth-order valence-corrected chi connectivity index (χ4v) is 1.81. The number of hydrogen-bond donors (Lipinski definition) is 1. The fraction of sp³-hybridized carbons (Fsp3) is 0.300. The molecule has 1 atom stereocenters. The highest BCUT2D eigenvalue weighted by Gasteiger charge is 2.14. The number of esters is 1. The number of nitrogens with two attached hydrogens (primary N) is 1. The summed E-state index contributed by atoms with van der Waals surface area (Å²) in [6.07, 6.45) is 0.118. The molecule has 1 rings (SSSR count). The van der Waals surface area contributed by atoms with Crippen molar-refractivity contribution >= 4 is 33.5 Å². The summed E-state index contributed by atoms with van der Waals surface area (Å²) in [4.78, 5) is 11.0. The summed E-state index contributed by atoms with van der Waals surface area (Å²) in [6.45, 7) is 0. The lowest BCUT2D eigenvalue weighted by molar-refractivity contribution is -0.141. The van der Waals surface area contributed by atoms with Gasteiger partial charge in [-0.05, 0) is 23.8 Å². The number of benzene rings is 1. The van der Waals surface area contributed by atoms with Gasteiger partial charge in [-0.2, -0.15) is 0 Å². The van der Waals surface area contributed by atoms with Crippen LogP contribution in [0, 0.1) is 0 Å². The Labute approximate surface area is 102 Å². The smallest absolute Gasteiger partial charge is 0.307 e. The molecule has 0 heterocycles. The number of carbonyl (C=O) groups is 1. The fourth-order valence-electron chi connectivity index (χ4n) is 1.17. The van der Waals surface area contributed by atoms with Crippen LogP contribution in [0.1, 0.15) is 18.0 Å². The third-order valence-corrected chi connectivity index (χ3v) is 2.81. The van der Waals surface area contributed by atoms with E-state index < -0.39 is 6.04 Å². The lowest BCUT2D eigenvalue weighted by atomic mass is 10.1. The van der Waals surface area contributed by atoms with Crippen LogP contribution in [-0.4, -0.2) is 13.1 Å². The first-order chi connectivity index (χ1) is 7.04. The van der Waals surface area contributed by atoms with Gasteiger partial charge in [0.05, 0.1) is 13.5 Å². The molecule has 2 N–H and O–H groups in total. The monoisotopic (exact) mass is 291 g/mol.